The second-order valence-corrected chi connectivity index (χ2v) is 9.85. The molecule has 0 radical (unpaired) electrons. The standard InChI is InChI=1S/C29H33N3O3/c1-3-22-19-25(22)26(33)31-16-13-29(14-17-31,24-7-5-4-6-8-24)28-30-15-18-32(28)20-21-9-11-23(12-10-21)27(34)35-2/h4-12,15,18,22,25H,3,13-14,16-17,19-20H2,1-2H3. The number of esters is 1. The first-order chi connectivity index (χ1) is 17.1. The van der Waals surface area contributed by atoms with Gasteiger partial charge in [-0.3, -0.25) is 4.79 Å². The maximum atomic E-state index is 13.0. The summed E-state index contributed by atoms with van der Waals surface area (Å²) in [5.74, 6) is 1.85. The van der Waals surface area contributed by atoms with Crippen molar-refractivity contribution in [2.24, 2.45) is 11.8 Å². The highest BCUT2D eigenvalue weighted by molar-refractivity contribution is 5.89. The molecule has 6 nitrogen and oxygen atoms in total. The second-order valence-electron chi connectivity index (χ2n) is 9.85. The van der Waals surface area contributed by atoms with E-state index in [9.17, 15) is 9.59 Å². The number of methoxy groups -OCH3 is 1. The van der Waals surface area contributed by atoms with Crippen molar-refractivity contribution >= 4 is 11.9 Å². The third-order valence-electron chi connectivity index (χ3n) is 7.89. The number of nitrogens with zero attached hydrogens (tertiary/aromatic N) is 3. The Morgan fingerprint density at radius 3 is 2.40 bits per heavy atom. The van der Waals surface area contributed by atoms with Crippen molar-refractivity contribution in [2.75, 3.05) is 20.2 Å². The van der Waals surface area contributed by atoms with Crippen molar-refractivity contribution in [3.05, 3.63) is 89.5 Å². The highest BCUT2D eigenvalue weighted by Gasteiger charge is 2.47. The van der Waals surface area contributed by atoms with Crippen molar-refractivity contribution < 1.29 is 14.3 Å². The zero-order valence-electron chi connectivity index (χ0n) is 20.5. The number of hydrogen-bond donors (Lipinski definition) is 0. The molecule has 0 spiro atoms. The SMILES string of the molecule is CCC1CC1C(=O)N1CCC(c2ccccc2)(c2nccn2Cc2ccc(C(=O)OC)cc2)CC1. The molecule has 1 aliphatic heterocycles. The van der Waals surface area contributed by atoms with E-state index in [1.54, 1.807) is 12.1 Å². The van der Waals surface area contributed by atoms with Crippen molar-refractivity contribution in [1.29, 1.82) is 0 Å². The minimum atomic E-state index is -0.333. The van der Waals surface area contributed by atoms with Crippen molar-refractivity contribution in [3.8, 4) is 0 Å². The monoisotopic (exact) mass is 471 g/mol. The van der Waals surface area contributed by atoms with E-state index in [2.05, 4.69) is 40.7 Å². The summed E-state index contributed by atoms with van der Waals surface area (Å²) >= 11 is 0. The van der Waals surface area contributed by atoms with Gasteiger partial charge in [-0.2, -0.15) is 0 Å². The third-order valence-corrected chi connectivity index (χ3v) is 7.89. The van der Waals surface area contributed by atoms with E-state index in [-0.39, 0.29) is 17.3 Å². The van der Waals surface area contributed by atoms with E-state index in [1.165, 1.54) is 12.7 Å². The fraction of sp³-hybridized carbons (Fsp3) is 0.414. The molecule has 1 aliphatic carbocycles. The number of hydrogen-bond acceptors (Lipinski definition) is 4. The summed E-state index contributed by atoms with van der Waals surface area (Å²) < 4.78 is 7.03. The van der Waals surface area contributed by atoms with Crippen LogP contribution in [0.3, 0.4) is 0 Å². The molecule has 2 atom stereocenters. The van der Waals surface area contributed by atoms with E-state index >= 15 is 0 Å². The summed E-state index contributed by atoms with van der Waals surface area (Å²) in [6.07, 6.45) is 7.75. The van der Waals surface area contributed by atoms with Gasteiger partial charge in [0.1, 0.15) is 5.82 Å². The van der Waals surface area contributed by atoms with Gasteiger partial charge in [0.2, 0.25) is 5.91 Å². The van der Waals surface area contributed by atoms with Crippen LogP contribution < -0.4 is 0 Å². The molecule has 1 aromatic heterocycles. The summed E-state index contributed by atoms with van der Waals surface area (Å²) in [6, 6.07) is 18.1. The fourth-order valence-corrected chi connectivity index (χ4v) is 5.66. The Bertz CT molecular complexity index is 1180. The van der Waals surface area contributed by atoms with Crippen molar-refractivity contribution in [1.82, 2.24) is 14.5 Å². The molecule has 35 heavy (non-hydrogen) atoms. The number of carbonyl (C=O) groups is 2. The van der Waals surface area contributed by atoms with Crippen LogP contribution in [0.1, 0.15) is 59.9 Å². The molecule has 2 aromatic carbocycles. The molecule has 2 heterocycles. The van der Waals surface area contributed by atoms with Gasteiger partial charge in [-0.1, -0.05) is 55.8 Å². The largest absolute Gasteiger partial charge is 0.465 e. The molecular weight excluding hydrogens is 438 g/mol. The summed E-state index contributed by atoms with van der Waals surface area (Å²) in [5.41, 5.74) is 2.63. The topological polar surface area (TPSA) is 64.4 Å². The van der Waals surface area contributed by atoms with Crippen LogP contribution in [0.5, 0.6) is 0 Å². The molecular formula is C29H33N3O3. The molecule has 1 saturated carbocycles. The number of likely N-dealkylation sites (tertiary alicyclic amines) is 1. The molecule has 1 saturated heterocycles. The number of imidazole rings is 1. The Labute approximate surface area is 206 Å². The first kappa shape index (κ1) is 23.3. The fourth-order valence-electron chi connectivity index (χ4n) is 5.66. The first-order valence-corrected chi connectivity index (χ1v) is 12.6. The van der Waals surface area contributed by atoms with E-state index in [1.807, 2.05) is 30.6 Å². The Hall–Kier alpha value is -3.41. The van der Waals surface area contributed by atoms with Crippen LogP contribution in [0.15, 0.2) is 67.0 Å². The Balaban J connectivity index is 1.40. The Kier molecular flexibility index (Phi) is 6.46. The second kappa shape index (κ2) is 9.68. The Morgan fingerprint density at radius 2 is 1.77 bits per heavy atom. The summed E-state index contributed by atoms with van der Waals surface area (Å²) in [4.78, 5) is 31.8. The number of piperidine rings is 1. The number of carbonyl (C=O) groups excluding carboxylic acids is 2. The van der Waals surface area contributed by atoms with Crippen LogP contribution in [0.25, 0.3) is 0 Å². The van der Waals surface area contributed by atoms with Gasteiger partial charge in [0, 0.05) is 37.9 Å². The summed E-state index contributed by atoms with van der Waals surface area (Å²) in [6.45, 7) is 4.34. The molecule has 6 heteroatoms. The average Bonchev–Trinajstić information content (AvgIpc) is 3.57. The van der Waals surface area contributed by atoms with Gasteiger partial charge in [0.25, 0.3) is 0 Å². The molecule has 3 aromatic rings. The van der Waals surface area contributed by atoms with Crippen LogP contribution in [0.4, 0.5) is 0 Å². The lowest BCUT2D eigenvalue weighted by Crippen LogP contribution is -2.47. The van der Waals surface area contributed by atoms with Gasteiger partial charge in [0.05, 0.1) is 18.1 Å². The van der Waals surface area contributed by atoms with Crippen LogP contribution in [-0.2, 0) is 21.5 Å². The lowest BCUT2D eigenvalue weighted by atomic mass is 9.71. The average molecular weight is 472 g/mol. The number of benzene rings is 2. The highest BCUT2D eigenvalue weighted by Crippen LogP contribution is 2.45. The zero-order valence-corrected chi connectivity index (χ0v) is 20.5. The van der Waals surface area contributed by atoms with Crippen molar-refractivity contribution in [2.45, 2.75) is 44.6 Å². The van der Waals surface area contributed by atoms with E-state index < -0.39 is 0 Å². The predicted octanol–water partition coefficient (Wildman–Crippen LogP) is 4.67. The number of ether oxygens (including phenoxy) is 1. The van der Waals surface area contributed by atoms with E-state index in [0.29, 0.717) is 23.9 Å². The smallest absolute Gasteiger partial charge is 0.337 e. The molecule has 1 amide bonds. The number of rotatable bonds is 7. The van der Waals surface area contributed by atoms with Gasteiger partial charge < -0.3 is 14.2 Å². The number of amides is 1. The van der Waals surface area contributed by atoms with Gasteiger partial charge in [-0.15, -0.1) is 0 Å². The Morgan fingerprint density at radius 1 is 1.06 bits per heavy atom. The first-order valence-electron chi connectivity index (χ1n) is 12.6. The van der Waals surface area contributed by atoms with Gasteiger partial charge in [0.15, 0.2) is 0 Å². The van der Waals surface area contributed by atoms with Crippen LogP contribution in [-0.4, -0.2) is 46.5 Å². The molecule has 5 rings (SSSR count). The highest BCUT2D eigenvalue weighted by atomic mass is 16.5. The predicted molar refractivity (Wildman–Crippen MR) is 134 cm³/mol. The van der Waals surface area contributed by atoms with Crippen LogP contribution in [0, 0.1) is 11.8 Å². The number of aromatic nitrogens is 2. The quantitative estimate of drug-likeness (QED) is 0.470. The minimum Gasteiger partial charge on any atom is -0.465 e. The molecule has 2 aliphatic rings. The lowest BCUT2D eigenvalue weighted by Gasteiger charge is -2.42. The van der Waals surface area contributed by atoms with Gasteiger partial charge >= 0.3 is 5.97 Å². The lowest BCUT2D eigenvalue weighted by molar-refractivity contribution is -0.134. The van der Waals surface area contributed by atoms with Gasteiger partial charge in [-0.05, 0) is 48.4 Å². The van der Waals surface area contributed by atoms with Crippen LogP contribution >= 0.6 is 0 Å². The van der Waals surface area contributed by atoms with Crippen molar-refractivity contribution in [3.63, 3.8) is 0 Å². The van der Waals surface area contributed by atoms with Gasteiger partial charge in [-0.25, -0.2) is 9.78 Å². The molecule has 2 unspecified atom stereocenters. The van der Waals surface area contributed by atoms with E-state index in [0.717, 1.165) is 50.2 Å². The zero-order chi connectivity index (χ0) is 24.4. The van der Waals surface area contributed by atoms with Crippen LogP contribution in [0.2, 0.25) is 0 Å². The summed E-state index contributed by atoms with van der Waals surface area (Å²) in [5, 5.41) is 0. The molecule has 0 bridgehead atoms. The molecule has 0 N–H and O–H groups in total. The molecule has 182 valence electrons. The minimum absolute atomic E-state index is 0.235. The normalized spacial score (nSPS) is 20.9. The maximum absolute atomic E-state index is 13.0. The maximum Gasteiger partial charge on any atom is 0.337 e. The summed E-state index contributed by atoms with van der Waals surface area (Å²) in [7, 11) is 1.39. The van der Waals surface area contributed by atoms with E-state index in [4.69, 9.17) is 9.72 Å². The molecule has 2 fully saturated rings. The third kappa shape index (κ3) is 4.49.